The summed E-state index contributed by atoms with van der Waals surface area (Å²) in [5.41, 5.74) is 7.12. The van der Waals surface area contributed by atoms with Crippen LogP contribution < -0.4 is 0 Å². The van der Waals surface area contributed by atoms with Crippen LogP contribution in [0.2, 0.25) is 0 Å². The highest BCUT2D eigenvalue weighted by atomic mass is 15.1. The molecule has 2 heteroatoms. The number of benzene rings is 4. The Hall–Kier alpha value is -3.65. The molecule has 1 heterocycles. The van der Waals surface area contributed by atoms with E-state index in [1.807, 2.05) is 18.5 Å². The Labute approximate surface area is 164 Å². The van der Waals surface area contributed by atoms with Crippen molar-refractivity contribution in [1.29, 1.82) is 0 Å². The van der Waals surface area contributed by atoms with Crippen LogP contribution in [-0.4, -0.2) is 9.55 Å². The van der Waals surface area contributed by atoms with Crippen LogP contribution in [0.5, 0.6) is 0 Å². The third kappa shape index (κ3) is 2.99. The molecule has 0 fully saturated rings. The quantitative estimate of drug-likeness (QED) is 0.365. The summed E-state index contributed by atoms with van der Waals surface area (Å²) >= 11 is 0. The van der Waals surface area contributed by atoms with Gasteiger partial charge in [0.2, 0.25) is 0 Å². The molecule has 0 bridgehead atoms. The van der Waals surface area contributed by atoms with E-state index in [2.05, 4.69) is 107 Å². The zero-order valence-corrected chi connectivity index (χ0v) is 15.4. The number of fused-ring (bicyclic) bond motifs is 1. The first kappa shape index (κ1) is 16.5. The minimum absolute atomic E-state index is 0.0819. The molecule has 0 amide bonds. The third-order valence-corrected chi connectivity index (χ3v) is 5.21. The van der Waals surface area contributed by atoms with Gasteiger partial charge in [0, 0.05) is 0 Å². The Kier molecular flexibility index (Phi) is 4.23. The third-order valence-electron chi connectivity index (χ3n) is 5.21. The van der Waals surface area contributed by atoms with Crippen molar-refractivity contribution in [2.24, 2.45) is 0 Å². The number of aromatic nitrogens is 2. The van der Waals surface area contributed by atoms with Crippen LogP contribution in [0.3, 0.4) is 0 Å². The lowest BCUT2D eigenvalue weighted by Crippen LogP contribution is -2.11. The van der Waals surface area contributed by atoms with E-state index in [9.17, 15) is 0 Å². The molecule has 4 aromatic carbocycles. The normalized spacial score (nSPS) is 12.1. The predicted molar refractivity (Wildman–Crippen MR) is 115 cm³/mol. The standard InChI is InChI=1S/C26H20N2/c1-3-9-20(10-4-1)21-15-17-23(18-16-21)26(22-11-5-2-6-12-22)28-19-27-24-13-7-8-14-25(24)28/h1-19,26H/t26-/m1/s1. The van der Waals surface area contributed by atoms with Gasteiger partial charge in [0.05, 0.1) is 23.4 Å². The molecule has 5 rings (SSSR count). The van der Waals surface area contributed by atoms with E-state index < -0.39 is 0 Å². The fourth-order valence-electron chi connectivity index (χ4n) is 3.82. The Morgan fingerprint density at radius 2 is 1.11 bits per heavy atom. The van der Waals surface area contributed by atoms with Crippen molar-refractivity contribution in [3.05, 3.63) is 127 Å². The zero-order valence-electron chi connectivity index (χ0n) is 15.4. The second-order valence-corrected chi connectivity index (χ2v) is 6.94. The highest BCUT2D eigenvalue weighted by molar-refractivity contribution is 5.75. The lowest BCUT2D eigenvalue weighted by Gasteiger charge is -2.21. The van der Waals surface area contributed by atoms with Gasteiger partial charge in [0.1, 0.15) is 0 Å². The van der Waals surface area contributed by atoms with Gasteiger partial charge in [-0.25, -0.2) is 4.98 Å². The van der Waals surface area contributed by atoms with Crippen molar-refractivity contribution in [1.82, 2.24) is 9.55 Å². The lowest BCUT2D eigenvalue weighted by molar-refractivity contribution is 0.698. The zero-order chi connectivity index (χ0) is 18.8. The molecule has 1 aromatic heterocycles. The Morgan fingerprint density at radius 1 is 0.536 bits per heavy atom. The molecule has 0 aliphatic carbocycles. The van der Waals surface area contributed by atoms with Gasteiger partial charge in [-0.05, 0) is 34.4 Å². The van der Waals surface area contributed by atoms with Crippen LogP contribution in [0.1, 0.15) is 17.2 Å². The number of rotatable bonds is 4. The largest absolute Gasteiger partial charge is 0.319 e. The van der Waals surface area contributed by atoms with Crippen molar-refractivity contribution in [3.63, 3.8) is 0 Å². The van der Waals surface area contributed by atoms with Crippen molar-refractivity contribution in [3.8, 4) is 11.1 Å². The number of hydrogen-bond donors (Lipinski definition) is 0. The average molecular weight is 360 g/mol. The molecule has 0 aliphatic rings. The molecule has 2 nitrogen and oxygen atoms in total. The summed E-state index contributed by atoms with van der Waals surface area (Å²) in [6, 6.07) is 38.4. The minimum atomic E-state index is 0.0819. The van der Waals surface area contributed by atoms with Gasteiger partial charge >= 0.3 is 0 Å². The number of hydrogen-bond acceptors (Lipinski definition) is 1. The average Bonchev–Trinajstić information content (AvgIpc) is 3.20. The minimum Gasteiger partial charge on any atom is -0.319 e. The highest BCUT2D eigenvalue weighted by Crippen LogP contribution is 2.31. The van der Waals surface area contributed by atoms with Gasteiger partial charge in [-0.3, -0.25) is 0 Å². The van der Waals surface area contributed by atoms with Crippen molar-refractivity contribution in [2.75, 3.05) is 0 Å². The number of para-hydroxylation sites is 2. The van der Waals surface area contributed by atoms with Gasteiger partial charge in [-0.15, -0.1) is 0 Å². The molecule has 0 aliphatic heterocycles. The molecule has 5 aromatic rings. The lowest BCUT2D eigenvalue weighted by atomic mass is 9.96. The fourth-order valence-corrected chi connectivity index (χ4v) is 3.82. The van der Waals surface area contributed by atoms with Crippen LogP contribution in [-0.2, 0) is 0 Å². The maximum Gasteiger partial charge on any atom is 0.0966 e. The molecule has 0 N–H and O–H groups in total. The van der Waals surface area contributed by atoms with Gasteiger partial charge in [0.25, 0.3) is 0 Å². The maximum atomic E-state index is 4.62. The van der Waals surface area contributed by atoms with Gasteiger partial charge < -0.3 is 4.57 Å². The van der Waals surface area contributed by atoms with E-state index in [-0.39, 0.29) is 6.04 Å². The van der Waals surface area contributed by atoms with Gasteiger partial charge in [0.15, 0.2) is 0 Å². The molecular weight excluding hydrogens is 340 g/mol. The fraction of sp³-hybridized carbons (Fsp3) is 0.0385. The molecule has 0 unspecified atom stereocenters. The van der Waals surface area contributed by atoms with Gasteiger partial charge in [-0.1, -0.05) is 97.1 Å². The summed E-state index contributed by atoms with van der Waals surface area (Å²) in [5.74, 6) is 0. The monoisotopic (exact) mass is 360 g/mol. The summed E-state index contributed by atoms with van der Waals surface area (Å²) < 4.78 is 2.27. The molecule has 0 saturated heterocycles. The topological polar surface area (TPSA) is 17.8 Å². The first-order chi connectivity index (χ1) is 13.9. The van der Waals surface area contributed by atoms with Crippen LogP contribution in [0.25, 0.3) is 22.2 Å². The second-order valence-electron chi connectivity index (χ2n) is 6.94. The second kappa shape index (κ2) is 7.16. The summed E-state index contributed by atoms with van der Waals surface area (Å²) in [4.78, 5) is 4.62. The molecule has 0 radical (unpaired) electrons. The Balaban J connectivity index is 1.63. The van der Waals surface area contributed by atoms with E-state index in [1.54, 1.807) is 0 Å². The summed E-state index contributed by atoms with van der Waals surface area (Å²) in [6.07, 6.45) is 1.95. The Morgan fingerprint density at radius 3 is 1.86 bits per heavy atom. The maximum absolute atomic E-state index is 4.62. The number of nitrogens with zero attached hydrogens (tertiary/aromatic N) is 2. The van der Waals surface area contributed by atoms with Crippen LogP contribution in [0, 0.1) is 0 Å². The number of imidazole rings is 1. The smallest absolute Gasteiger partial charge is 0.0966 e. The molecule has 1 atom stereocenters. The predicted octanol–water partition coefficient (Wildman–Crippen LogP) is 6.34. The van der Waals surface area contributed by atoms with Crippen molar-refractivity contribution >= 4 is 11.0 Å². The first-order valence-electron chi connectivity index (χ1n) is 9.52. The van der Waals surface area contributed by atoms with E-state index in [4.69, 9.17) is 0 Å². The van der Waals surface area contributed by atoms with E-state index >= 15 is 0 Å². The van der Waals surface area contributed by atoms with Crippen LogP contribution in [0.4, 0.5) is 0 Å². The van der Waals surface area contributed by atoms with Crippen LogP contribution >= 0.6 is 0 Å². The van der Waals surface area contributed by atoms with Crippen LogP contribution in [0.15, 0.2) is 116 Å². The molecule has 134 valence electrons. The SMILES string of the molecule is c1ccc(-c2ccc([C@@H](c3ccccc3)n3cnc4ccccc43)cc2)cc1. The molecule has 28 heavy (non-hydrogen) atoms. The van der Waals surface area contributed by atoms with Crippen molar-refractivity contribution < 1.29 is 0 Å². The summed E-state index contributed by atoms with van der Waals surface area (Å²) in [7, 11) is 0. The Bertz CT molecular complexity index is 1190. The van der Waals surface area contributed by atoms with E-state index in [1.165, 1.54) is 22.3 Å². The highest BCUT2D eigenvalue weighted by Gasteiger charge is 2.18. The van der Waals surface area contributed by atoms with Gasteiger partial charge in [-0.2, -0.15) is 0 Å². The molecular formula is C26H20N2. The van der Waals surface area contributed by atoms with Crippen molar-refractivity contribution in [2.45, 2.75) is 6.04 Å². The summed E-state index contributed by atoms with van der Waals surface area (Å²) in [5, 5.41) is 0. The molecule has 0 saturated carbocycles. The molecule has 0 spiro atoms. The van der Waals surface area contributed by atoms with E-state index in [0.717, 1.165) is 11.0 Å². The van der Waals surface area contributed by atoms with E-state index in [0.29, 0.717) is 0 Å². The first-order valence-corrected chi connectivity index (χ1v) is 9.52. The summed E-state index contributed by atoms with van der Waals surface area (Å²) in [6.45, 7) is 0.